The summed E-state index contributed by atoms with van der Waals surface area (Å²) in [7, 11) is 0. The molecule has 6 nitrogen and oxygen atoms in total. The van der Waals surface area contributed by atoms with E-state index in [0.29, 0.717) is 18.8 Å². The van der Waals surface area contributed by atoms with Gasteiger partial charge >= 0.3 is 0 Å². The molecule has 0 saturated heterocycles. The van der Waals surface area contributed by atoms with E-state index in [9.17, 15) is 9.59 Å². The molecule has 1 heterocycles. The zero-order chi connectivity index (χ0) is 23.5. The molecule has 0 radical (unpaired) electrons. The molecule has 0 fully saturated rings. The maximum atomic E-state index is 12.9. The van der Waals surface area contributed by atoms with E-state index in [4.69, 9.17) is 0 Å². The number of rotatable bonds is 11. The normalized spacial score (nSPS) is 11.7. The molecule has 0 spiro atoms. The van der Waals surface area contributed by atoms with Gasteiger partial charge in [-0.15, -0.1) is 0 Å². The van der Waals surface area contributed by atoms with Crippen LogP contribution in [0.1, 0.15) is 60.6 Å². The number of benzene rings is 2. The van der Waals surface area contributed by atoms with E-state index in [2.05, 4.69) is 39.6 Å². The first-order valence-corrected chi connectivity index (χ1v) is 11.5. The van der Waals surface area contributed by atoms with Crippen LogP contribution < -0.4 is 5.32 Å². The average Bonchev–Trinajstić information content (AvgIpc) is 2.88. The molecule has 3 aromatic rings. The lowest BCUT2D eigenvalue weighted by Crippen LogP contribution is -2.41. The van der Waals surface area contributed by atoms with Crippen molar-refractivity contribution < 1.29 is 9.59 Å². The molecule has 2 aromatic carbocycles. The molecule has 0 aliphatic rings. The van der Waals surface area contributed by atoms with Crippen LogP contribution in [0.4, 0.5) is 0 Å². The molecule has 3 rings (SSSR count). The van der Waals surface area contributed by atoms with E-state index in [0.717, 1.165) is 12.8 Å². The fourth-order valence-corrected chi connectivity index (χ4v) is 3.86. The van der Waals surface area contributed by atoms with Crippen LogP contribution in [-0.2, 0) is 4.79 Å². The lowest BCUT2D eigenvalue weighted by Gasteiger charge is -2.28. The molecular formula is C27H32N4O2. The fourth-order valence-electron chi connectivity index (χ4n) is 3.86. The minimum Gasteiger partial charge on any atom is -0.356 e. The molecule has 2 amide bonds. The summed E-state index contributed by atoms with van der Waals surface area (Å²) in [6.45, 7) is 4.91. The Morgan fingerprint density at radius 2 is 1.61 bits per heavy atom. The quantitative estimate of drug-likeness (QED) is 0.474. The average molecular weight is 445 g/mol. The first-order chi connectivity index (χ1) is 16.1. The largest absolute Gasteiger partial charge is 0.356 e. The third kappa shape index (κ3) is 6.97. The third-order valence-corrected chi connectivity index (χ3v) is 5.90. The van der Waals surface area contributed by atoms with Crippen molar-refractivity contribution in [2.24, 2.45) is 0 Å². The molecule has 1 unspecified atom stereocenters. The van der Waals surface area contributed by atoms with E-state index in [1.165, 1.54) is 29.7 Å². The van der Waals surface area contributed by atoms with Gasteiger partial charge in [0.25, 0.3) is 5.91 Å². The van der Waals surface area contributed by atoms with E-state index in [1.807, 2.05) is 50.2 Å². The number of nitrogens with one attached hydrogen (secondary N) is 1. The minimum atomic E-state index is -0.196. The number of carbonyl (C=O) groups excluding carboxylic acids is 2. The zero-order valence-electron chi connectivity index (χ0n) is 19.4. The van der Waals surface area contributed by atoms with Crippen LogP contribution >= 0.6 is 0 Å². The van der Waals surface area contributed by atoms with Gasteiger partial charge in [0.05, 0.1) is 6.20 Å². The van der Waals surface area contributed by atoms with Gasteiger partial charge in [-0.3, -0.25) is 14.6 Å². The molecule has 33 heavy (non-hydrogen) atoms. The van der Waals surface area contributed by atoms with Crippen LogP contribution in [0.15, 0.2) is 79.3 Å². The first kappa shape index (κ1) is 24.1. The summed E-state index contributed by atoms with van der Waals surface area (Å²) in [5, 5.41) is 3.04. The van der Waals surface area contributed by atoms with Gasteiger partial charge in [-0.05, 0) is 30.9 Å². The van der Waals surface area contributed by atoms with E-state index >= 15 is 0 Å². The molecule has 0 saturated carbocycles. The minimum absolute atomic E-state index is 0.00727. The van der Waals surface area contributed by atoms with Crippen molar-refractivity contribution in [3.63, 3.8) is 0 Å². The van der Waals surface area contributed by atoms with Gasteiger partial charge in [0.2, 0.25) is 5.91 Å². The van der Waals surface area contributed by atoms with Crippen molar-refractivity contribution in [2.75, 3.05) is 13.1 Å². The molecule has 0 aliphatic heterocycles. The van der Waals surface area contributed by atoms with Crippen molar-refractivity contribution in [3.8, 4) is 0 Å². The second-order valence-electron chi connectivity index (χ2n) is 8.11. The van der Waals surface area contributed by atoms with Gasteiger partial charge in [-0.2, -0.15) is 0 Å². The Hall–Kier alpha value is -3.54. The second kappa shape index (κ2) is 12.5. The Labute approximate surface area is 196 Å². The molecule has 1 atom stereocenters. The topological polar surface area (TPSA) is 75.2 Å². The van der Waals surface area contributed by atoms with Crippen molar-refractivity contribution in [1.29, 1.82) is 0 Å². The molecule has 6 heteroatoms. The van der Waals surface area contributed by atoms with Crippen LogP contribution in [0.25, 0.3) is 0 Å². The van der Waals surface area contributed by atoms with Gasteiger partial charge in [-0.25, -0.2) is 4.98 Å². The molecule has 0 aliphatic carbocycles. The van der Waals surface area contributed by atoms with Crippen LogP contribution in [0.2, 0.25) is 0 Å². The summed E-state index contributed by atoms with van der Waals surface area (Å²) < 4.78 is 0. The standard InChI is InChI=1S/C27H32N4O2/c1-3-21(2)31(27(33)25-20-28-17-18-29-25)19-15-26(32)30-16-14-24(22-10-6-4-7-11-22)23-12-8-5-9-13-23/h4-13,17-18,20-21,24H,3,14-16,19H2,1-2H3,(H,30,32). The Bertz CT molecular complexity index is 957. The fraction of sp³-hybridized carbons (Fsp3) is 0.333. The highest BCUT2D eigenvalue weighted by atomic mass is 16.2. The number of amides is 2. The van der Waals surface area contributed by atoms with Crippen molar-refractivity contribution in [3.05, 3.63) is 96.1 Å². The van der Waals surface area contributed by atoms with Crippen LogP contribution in [0.3, 0.4) is 0 Å². The molecular weight excluding hydrogens is 412 g/mol. The predicted molar refractivity (Wildman–Crippen MR) is 130 cm³/mol. The van der Waals surface area contributed by atoms with E-state index in [-0.39, 0.29) is 30.2 Å². The smallest absolute Gasteiger partial charge is 0.274 e. The Kier molecular flexibility index (Phi) is 9.12. The summed E-state index contributed by atoms with van der Waals surface area (Å²) in [5.74, 6) is -0.0452. The number of nitrogens with zero attached hydrogens (tertiary/aromatic N) is 3. The summed E-state index contributed by atoms with van der Waals surface area (Å²) in [4.78, 5) is 35.3. The van der Waals surface area contributed by atoms with Gasteiger partial charge in [0.1, 0.15) is 5.69 Å². The lowest BCUT2D eigenvalue weighted by atomic mass is 9.88. The van der Waals surface area contributed by atoms with Gasteiger partial charge in [-0.1, -0.05) is 67.6 Å². The maximum Gasteiger partial charge on any atom is 0.274 e. The summed E-state index contributed by atoms with van der Waals surface area (Å²) in [5.41, 5.74) is 2.76. The summed E-state index contributed by atoms with van der Waals surface area (Å²) in [6, 6.07) is 20.7. The Morgan fingerprint density at radius 1 is 0.970 bits per heavy atom. The van der Waals surface area contributed by atoms with Gasteiger partial charge in [0, 0.05) is 43.9 Å². The highest BCUT2D eigenvalue weighted by Gasteiger charge is 2.22. The highest BCUT2D eigenvalue weighted by Crippen LogP contribution is 2.27. The third-order valence-electron chi connectivity index (χ3n) is 5.90. The lowest BCUT2D eigenvalue weighted by molar-refractivity contribution is -0.121. The van der Waals surface area contributed by atoms with Crippen molar-refractivity contribution in [1.82, 2.24) is 20.2 Å². The van der Waals surface area contributed by atoms with E-state index in [1.54, 1.807) is 4.90 Å². The van der Waals surface area contributed by atoms with Crippen LogP contribution in [0, 0.1) is 0 Å². The van der Waals surface area contributed by atoms with E-state index < -0.39 is 0 Å². The number of hydrogen-bond acceptors (Lipinski definition) is 4. The Balaban J connectivity index is 1.56. The van der Waals surface area contributed by atoms with Crippen LogP contribution in [0.5, 0.6) is 0 Å². The molecule has 0 bridgehead atoms. The number of hydrogen-bond donors (Lipinski definition) is 1. The Morgan fingerprint density at radius 3 is 2.15 bits per heavy atom. The van der Waals surface area contributed by atoms with Crippen molar-refractivity contribution in [2.45, 2.75) is 45.1 Å². The molecule has 172 valence electrons. The van der Waals surface area contributed by atoms with Crippen LogP contribution in [-0.4, -0.2) is 45.8 Å². The summed E-state index contributed by atoms with van der Waals surface area (Å²) in [6.07, 6.45) is 6.35. The summed E-state index contributed by atoms with van der Waals surface area (Å²) >= 11 is 0. The van der Waals surface area contributed by atoms with Crippen molar-refractivity contribution >= 4 is 11.8 Å². The SMILES string of the molecule is CCC(C)N(CCC(=O)NCCC(c1ccccc1)c1ccccc1)C(=O)c1cnccn1. The molecule has 1 aromatic heterocycles. The first-order valence-electron chi connectivity index (χ1n) is 11.5. The predicted octanol–water partition coefficient (Wildman–Crippen LogP) is 4.45. The zero-order valence-corrected chi connectivity index (χ0v) is 19.4. The van der Waals surface area contributed by atoms with Gasteiger partial charge in [0.15, 0.2) is 0 Å². The monoisotopic (exact) mass is 444 g/mol. The molecule has 1 N–H and O–H groups in total. The highest BCUT2D eigenvalue weighted by molar-refractivity contribution is 5.92. The number of aromatic nitrogens is 2. The van der Waals surface area contributed by atoms with Gasteiger partial charge < -0.3 is 10.2 Å². The second-order valence-corrected chi connectivity index (χ2v) is 8.11. The number of carbonyl (C=O) groups is 2. The maximum absolute atomic E-state index is 12.9.